The fourth-order valence-corrected chi connectivity index (χ4v) is 4.54. The Balaban J connectivity index is 1.58. The summed E-state index contributed by atoms with van der Waals surface area (Å²) in [5, 5.41) is 4.23. The zero-order chi connectivity index (χ0) is 18.2. The Hall–Kier alpha value is -2.91. The molecule has 2 aliphatic rings. The number of para-hydroxylation sites is 1. The van der Waals surface area contributed by atoms with Gasteiger partial charge in [-0.2, -0.15) is 0 Å². The Labute approximate surface area is 159 Å². The van der Waals surface area contributed by atoms with Crippen LogP contribution in [0.25, 0.3) is 0 Å². The molecule has 0 saturated carbocycles. The molecule has 0 bridgehead atoms. The van der Waals surface area contributed by atoms with E-state index in [0.29, 0.717) is 0 Å². The monoisotopic (exact) mass is 354 g/mol. The minimum atomic E-state index is -0.223. The van der Waals surface area contributed by atoms with Crippen LogP contribution in [0.15, 0.2) is 84.9 Å². The van der Waals surface area contributed by atoms with Crippen molar-refractivity contribution in [2.45, 2.75) is 24.8 Å². The highest BCUT2D eigenvalue weighted by Gasteiger charge is 2.44. The van der Waals surface area contributed by atoms with Gasteiger partial charge in [-0.25, -0.2) is 10.0 Å². The predicted octanol–water partition coefficient (Wildman–Crippen LogP) is 4.92. The molecule has 27 heavy (non-hydrogen) atoms. The maximum Gasteiger partial charge on any atom is 0.253 e. The molecule has 134 valence electrons. The summed E-state index contributed by atoms with van der Waals surface area (Å²) >= 11 is 0. The summed E-state index contributed by atoms with van der Waals surface area (Å²) in [7, 11) is 0. The second-order valence-corrected chi connectivity index (χ2v) is 7.28. The summed E-state index contributed by atoms with van der Waals surface area (Å²) < 4.78 is 0. The van der Waals surface area contributed by atoms with Crippen molar-refractivity contribution in [2.24, 2.45) is 0 Å². The van der Waals surface area contributed by atoms with E-state index >= 15 is 0 Å². The molecule has 3 heteroatoms. The van der Waals surface area contributed by atoms with Gasteiger partial charge in [0.15, 0.2) is 0 Å². The van der Waals surface area contributed by atoms with Crippen molar-refractivity contribution in [1.29, 1.82) is 0 Å². The van der Waals surface area contributed by atoms with Gasteiger partial charge < -0.3 is 0 Å². The van der Waals surface area contributed by atoms with Gasteiger partial charge in [0.2, 0.25) is 0 Å². The van der Waals surface area contributed by atoms with Gasteiger partial charge in [0.05, 0.1) is 17.6 Å². The Kier molecular flexibility index (Phi) is 4.02. The first-order valence-electron chi connectivity index (χ1n) is 9.64. The number of carbonyl (C=O) groups excluding carboxylic acids is 1. The first-order valence-corrected chi connectivity index (χ1v) is 9.64. The molecule has 2 atom stereocenters. The van der Waals surface area contributed by atoms with Crippen LogP contribution < -0.4 is 5.01 Å². The summed E-state index contributed by atoms with van der Waals surface area (Å²) in [5.74, 6) is -0.0651. The molecular weight excluding hydrogens is 332 g/mol. The number of hydrogen-bond donors (Lipinski definition) is 0. The van der Waals surface area contributed by atoms with Crippen molar-refractivity contribution in [1.82, 2.24) is 5.01 Å². The van der Waals surface area contributed by atoms with E-state index in [1.54, 1.807) is 0 Å². The number of benzene rings is 3. The normalized spacial score (nSPS) is 22.2. The van der Waals surface area contributed by atoms with E-state index in [0.717, 1.165) is 36.2 Å². The van der Waals surface area contributed by atoms with Gasteiger partial charge in [-0.05, 0) is 35.6 Å². The number of fused-ring (bicyclic) bond motifs is 1. The van der Waals surface area contributed by atoms with Crippen LogP contribution in [0.5, 0.6) is 0 Å². The van der Waals surface area contributed by atoms with Crippen LogP contribution in [-0.4, -0.2) is 17.5 Å². The summed E-state index contributed by atoms with van der Waals surface area (Å²) in [6, 6.07) is 29.2. The van der Waals surface area contributed by atoms with Crippen molar-refractivity contribution >= 4 is 11.6 Å². The van der Waals surface area contributed by atoms with Gasteiger partial charge in [-0.15, -0.1) is 0 Å². The highest BCUT2D eigenvalue weighted by atomic mass is 16.2. The van der Waals surface area contributed by atoms with E-state index in [-0.39, 0.29) is 17.9 Å². The fraction of sp³-hybridized carbons (Fsp3) is 0.208. The van der Waals surface area contributed by atoms with Crippen molar-refractivity contribution in [2.75, 3.05) is 11.6 Å². The molecule has 2 aliphatic heterocycles. The van der Waals surface area contributed by atoms with Crippen LogP contribution >= 0.6 is 0 Å². The van der Waals surface area contributed by atoms with Crippen LogP contribution in [0.2, 0.25) is 0 Å². The highest BCUT2D eigenvalue weighted by Crippen LogP contribution is 2.45. The lowest BCUT2D eigenvalue weighted by molar-refractivity contribution is -0.121. The number of rotatable bonds is 3. The Morgan fingerprint density at radius 3 is 2.11 bits per heavy atom. The maximum atomic E-state index is 13.6. The first kappa shape index (κ1) is 16.3. The SMILES string of the molecule is O=C1[C@@H](c2ccccc2)c2ccccc2N1N1CCC[C@@H]1c1ccccc1. The van der Waals surface area contributed by atoms with E-state index in [1.807, 2.05) is 41.4 Å². The van der Waals surface area contributed by atoms with E-state index < -0.39 is 0 Å². The number of anilines is 1. The van der Waals surface area contributed by atoms with Crippen molar-refractivity contribution in [3.63, 3.8) is 0 Å². The summed E-state index contributed by atoms with van der Waals surface area (Å²) in [4.78, 5) is 13.6. The van der Waals surface area contributed by atoms with Gasteiger partial charge in [-0.1, -0.05) is 78.9 Å². The third kappa shape index (κ3) is 2.66. The molecule has 2 heterocycles. The second kappa shape index (κ2) is 6.67. The topological polar surface area (TPSA) is 23.6 Å². The van der Waals surface area contributed by atoms with E-state index in [9.17, 15) is 4.79 Å². The molecule has 5 rings (SSSR count). The Bertz CT molecular complexity index is 954. The molecule has 0 radical (unpaired) electrons. The van der Waals surface area contributed by atoms with Crippen molar-refractivity contribution < 1.29 is 4.79 Å². The predicted molar refractivity (Wildman–Crippen MR) is 107 cm³/mol. The Morgan fingerprint density at radius 2 is 1.37 bits per heavy atom. The minimum Gasteiger partial charge on any atom is -0.272 e. The van der Waals surface area contributed by atoms with Crippen molar-refractivity contribution in [3.05, 3.63) is 102 Å². The zero-order valence-electron chi connectivity index (χ0n) is 15.2. The average Bonchev–Trinajstić information content (AvgIpc) is 3.31. The van der Waals surface area contributed by atoms with Crippen LogP contribution in [0.3, 0.4) is 0 Å². The standard InChI is InChI=1S/C24H22N2O/c27-24-23(19-12-5-2-6-13-19)20-14-7-8-15-22(20)26(24)25-17-9-16-21(25)18-10-3-1-4-11-18/h1-8,10-15,21,23H,9,16-17H2/t21-,23+/m1/s1. The number of hydrazine groups is 1. The zero-order valence-corrected chi connectivity index (χ0v) is 15.2. The third-order valence-electron chi connectivity index (χ3n) is 5.73. The quantitative estimate of drug-likeness (QED) is 0.667. The van der Waals surface area contributed by atoms with E-state index in [4.69, 9.17) is 0 Å². The van der Waals surface area contributed by atoms with Gasteiger partial charge in [0, 0.05) is 6.54 Å². The number of hydrogen-bond acceptors (Lipinski definition) is 2. The molecule has 3 aromatic carbocycles. The molecule has 0 N–H and O–H groups in total. The molecule has 1 fully saturated rings. The van der Waals surface area contributed by atoms with E-state index in [2.05, 4.69) is 53.5 Å². The lowest BCUT2D eigenvalue weighted by Gasteiger charge is -2.34. The first-order chi connectivity index (χ1) is 13.3. The highest BCUT2D eigenvalue weighted by molar-refractivity contribution is 6.06. The molecule has 0 aliphatic carbocycles. The second-order valence-electron chi connectivity index (χ2n) is 7.28. The molecule has 3 nitrogen and oxygen atoms in total. The van der Waals surface area contributed by atoms with Gasteiger partial charge in [-0.3, -0.25) is 4.79 Å². The fourth-order valence-electron chi connectivity index (χ4n) is 4.54. The molecule has 1 amide bonds. The molecule has 0 spiro atoms. The number of carbonyl (C=O) groups is 1. The smallest absolute Gasteiger partial charge is 0.253 e. The van der Waals surface area contributed by atoms with Gasteiger partial charge in [0.25, 0.3) is 5.91 Å². The largest absolute Gasteiger partial charge is 0.272 e. The third-order valence-corrected chi connectivity index (χ3v) is 5.73. The summed E-state index contributed by atoms with van der Waals surface area (Å²) in [5.41, 5.74) is 4.47. The van der Waals surface area contributed by atoms with Gasteiger partial charge in [0.1, 0.15) is 0 Å². The van der Waals surface area contributed by atoms with Crippen LogP contribution in [0.1, 0.15) is 41.5 Å². The Morgan fingerprint density at radius 1 is 0.741 bits per heavy atom. The average molecular weight is 354 g/mol. The van der Waals surface area contributed by atoms with E-state index in [1.165, 1.54) is 5.56 Å². The summed E-state index contributed by atoms with van der Waals surface area (Å²) in [6.07, 6.45) is 2.17. The summed E-state index contributed by atoms with van der Waals surface area (Å²) in [6.45, 7) is 0.904. The van der Waals surface area contributed by atoms with Crippen LogP contribution in [-0.2, 0) is 4.79 Å². The lowest BCUT2D eigenvalue weighted by atomic mass is 9.93. The lowest BCUT2D eigenvalue weighted by Crippen LogP contribution is -2.45. The number of nitrogens with zero attached hydrogens (tertiary/aromatic N) is 2. The van der Waals surface area contributed by atoms with Crippen LogP contribution in [0, 0.1) is 0 Å². The molecule has 3 aromatic rings. The van der Waals surface area contributed by atoms with Crippen molar-refractivity contribution in [3.8, 4) is 0 Å². The number of amides is 1. The molecule has 0 aromatic heterocycles. The minimum absolute atomic E-state index is 0.158. The molecule has 1 saturated heterocycles. The van der Waals surface area contributed by atoms with Gasteiger partial charge >= 0.3 is 0 Å². The maximum absolute atomic E-state index is 13.6. The molecule has 0 unspecified atom stereocenters. The molecular formula is C24H22N2O. The van der Waals surface area contributed by atoms with Crippen LogP contribution in [0.4, 0.5) is 5.69 Å².